The van der Waals surface area contributed by atoms with E-state index >= 15 is 0 Å². The monoisotopic (exact) mass is 450 g/mol. The molecule has 2 nitrogen and oxygen atoms in total. The van der Waals surface area contributed by atoms with Gasteiger partial charge < -0.3 is 17.0 Å². The summed E-state index contributed by atoms with van der Waals surface area (Å²) >= 11 is 0. The van der Waals surface area contributed by atoms with Crippen molar-refractivity contribution in [3.8, 4) is 16.8 Å². The quantitative estimate of drug-likeness (QED) is 0.367. The minimum atomic E-state index is 0. The van der Waals surface area contributed by atoms with Gasteiger partial charge in [-0.25, -0.2) is 0 Å². The Labute approximate surface area is 201 Å². The molecule has 0 aliphatic rings. The number of hydrogen-bond acceptors (Lipinski definition) is 0. The maximum atomic E-state index is 2.31. The fourth-order valence-electron chi connectivity index (χ4n) is 4.50. The van der Waals surface area contributed by atoms with E-state index in [9.17, 15) is 0 Å². The van der Waals surface area contributed by atoms with Gasteiger partial charge in [0, 0.05) is 40.7 Å². The van der Waals surface area contributed by atoms with E-state index < -0.39 is 0 Å². The van der Waals surface area contributed by atoms with Crippen molar-refractivity contribution in [1.82, 2.24) is 4.57 Å². The van der Waals surface area contributed by atoms with Gasteiger partial charge >= 0.3 is 0 Å². The van der Waals surface area contributed by atoms with Gasteiger partial charge in [-0.2, -0.15) is 4.57 Å². The van der Waals surface area contributed by atoms with E-state index in [-0.39, 0.29) is 12.4 Å². The highest BCUT2D eigenvalue weighted by molar-refractivity contribution is 5.83. The first-order chi connectivity index (χ1) is 15.6. The molecule has 2 heterocycles. The van der Waals surface area contributed by atoms with Gasteiger partial charge in [-0.1, -0.05) is 48.5 Å². The number of fused-ring (bicyclic) bond motifs is 1. The molecule has 0 amide bonds. The fourth-order valence-corrected chi connectivity index (χ4v) is 4.50. The number of rotatable bonds is 4. The van der Waals surface area contributed by atoms with E-state index in [1.165, 1.54) is 50.4 Å². The normalized spacial score (nSPS) is 11.1. The van der Waals surface area contributed by atoms with Crippen LogP contribution in [0.1, 0.15) is 22.6 Å². The average molecular weight is 451 g/mol. The molecular formula is C30H27ClN2. The number of pyridine rings is 1. The Balaban J connectivity index is 0.00000259. The summed E-state index contributed by atoms with van der Waals surface area (Å²) in [4.78, 5) is 0. The van der Waals surface area contributed by atoms with E-state index in [1.54, 1.807) is 0 Å². The Morgan fingerprint density at radius 2 is 1.39 bits per heavy atom. The third kappa shape index (κ3) is 4.35. The molecule has 0 saturated carbocycles. The SMILES string of the molecule is Cc1cc(/C=C/c2ccc3cc(-c4ccccc4)ccc3[n+]2C)c(C)n1-c1ccccc1.[Cl-]. The van der Waals surface area contributed by atoms with Gasteiger partial charge in [-0.05, 0) is 73.0 Å². The summed E-state index contributed by atoms with van der Waals surface area (Å²) in [5, 5.41) is 1.24. The summed E-state index contributed by atoms with van der Waals surface area (Å²) in [5.74, 6) is 0. The topological polar surface area (TPSA) is 8.81 Å². The van der Waals surface area contributed by atoms with Crippen LogP contribution >= 0.6 is 0 Å². The highest BCUT2D eigenvalue weighted by atomic mass is 35.5. The van der Waals surface area contributed by atoms with Crippen molar-refractivity contribution in [3.63, 3.8) is 0 Å². The first kappa shape index (κ1) is 22.6. The minimum absolute atomic E-state index is 0. The van der Waals surface area contributed by atoms with Gasteiger partial charge in [0.15, 0.2) is 0 Å². The first-order valence-electron chi connectivity index (χ1n) is 11.0. The first-order valence-corrected chi connectivity index (χ1v) is 11.0. The van der Waals surface area contributed by atoms with Crippen LogP contribution in [-0.4, -0.2) is 4.57 Å². The van der Waals surface area contributed by atoms with Crippen LogP contribution in [0.5, 0.6) is 0 Å². The van der Waals surface area contributed by atoms with Crippen molar-refractivity contribution in [3.05, 3.63) is 120 Å². The van der Waals surface area contributed by atoms with Crippen molar-refractivity contribution in [2.24, 2.45) is 7.05 Å². The van der Waals surface area contributed by atoms with Gasteiger partial charge in [-0.15, -0.1) is 0 Å². The van der Waals surface area contributed by atoms with Gasteiger partial charge in [0.25, 0.3) is 0 Å². The zero-order valence-corrected chi connectivity index (χ0v) is 19.9. The summed E-state index contributed by atoms with van der Waals surface area (Å²) in [5.41, 5.74) is 9.82. The largest absolute Gasteiger partial charge is 1.00 e. The van der Waals surface area contributed by atoms with Crippen LogP contribution in [0, 0.1) is 13.8 Å². The fraction of sp³-hybridized carbons (Fsp3) is 0.100. The van der Waals surface area contributed by atoms with Gasteiger partial charge in [0.2, 0.25) is 11.2 Å². The number of aryl methyl sites for hydroxylation is 2. The smallest absolute Gasteiger partial charge is 0.212 e. The average Bonchev–Trinajstić information content (AvgIpc) is 3.12. The molecule has 0 N–H and O–H groups in total. The predicted octanol–water partition coefficient (Wildman–Crippen LogP) is 3.91. The third-order valence-electron chi connectivity index (χ3n) is 6.24. The van der Waals surface area contributed by atoms with Crippen LogP contribution < -0.4 is 17.0 Å². The Hall–Kier alpha value is -3.62. The van der Waals surface area contributed by atoms with E-state index in [2.05, 4.69) is 139 Å². The van der Waals surface area contributed by atoms with Crippen molar-refractivity contribution in [1.29, 1.82) is 0 Å². The molecule has 0 aliphatic carbocycles. The van der Waals surface area contributed by atoms with Crippen LogP contribution in [-0.2, 0) is 7.05 Å². The molecule has 0 radical (unpaired) electrons. The Bertz CT molecular complexity index is 1430. The van der Waals surface area contributed by atoms with Crippen LogP contribution in [0.3, 0.4) is 0 Å². The summed E-state index contributed by atoms with van der Waals surface area (Å²) in [6.45, 7) is 4.35. The Morgan fingerprint density at radius 3 is 2.12 bits per heavy atom. The second-order valence-corrected chi connectivity index (χ2v) is 8.29. The molecule has 0 spiro atoms. The van der Waals surface area contributed by atoms with Crippen molar-refractivity contribution < 1.29 is 17.0 Å². The number of nitrogens with zero attached hydrogens (tertiary/aromatic N) is 2. The molecule has 5 aromatic rings. The van der Waals surface area contributed by atoms with Crippen LogP contribution in [0.4, 0.5) is 0 Å². The molecule has 2 aromatic heterocycles. The van der Waals surface area contributed by atoms with Gasteiger partial charge in [0.05, 0.1) is 0 Å². The molecule has 3 aromatic carbocycles. The molecule has 0 fully saturated rings. The Morgan fingerprint density at radius 1 is 0.697 bits per heavy atom. The van der Waals surface area contributed by atoms with Gasteiger partial charge in [0.1, 0.15) is 7.05 Å². The maximum Gasteiger partial charge on any atom is 0.212 e. The van der Waals surface area contributed by atoms with Crippen molar-refractivity contribution in [2.75, 3.05) is 0 Å². The molecule has 164 valence electrons. The minimum Gasteiger partial charge on any atom is -1.00 e. The number of aromatic nitrogens is 2. The number of hydrogen-bond donors (Lipinski definition) is 0. The number of halogens is 1. The lowest BCUT2D eigenvalue weighted by Gasteiger charge is -2.09. The summed E-state index contributed by atoms with van der Waals surface area (Å²) in [7, 11) is 2.14. The van der Waals surface area contributed by atoms with Crippen LogP contribution in [0.25, 0.3) is 39.9 Å². The summed E-state index contributed by atoms with van der Waals surface area (Å²) < 4.78 is 4.57. The van der Waals surface area contributed by atoms with Crippen LogP contribution in [0.2, 0.25) is 0 Å². The van der Waals surface area contributed by atoms with E-state index in [1.807, 2.05) is 0 Å². The van der Waals surface area contributed by atoms with Crippen LogP contribution in [0.15, 0.2) is 97.1 Å². The lowest BCUT2D eigenvalue weighted by molar-refractivity contribution is -0.646. The van der Waals surface area contributed by atoms with E-state index in [0.717, 1.165) is 0 Å². The summed E-state index contributed by atoms with van der Waals surface area (Å²) in [6.07, 6.45) is 4.43. The predicted molar refractivity (Wildman–Crippen MR) is 135 cm³/mol. The highest BCUT2D eigenvalue weighted by Crippen LogP contribution is 2.25. The molecule has 0 saturated heterocycles. The van der Waals surface area contributed by atoms with Gasteiger partial charge in [-0.3, -0.25) is 0 Å². The highest BCUT2D eigenvalue weighted by Gasteiger charge is 2.12. The maximum absolute atomic E-state index is 2.31. The van der Waals surface area contributed by atoms with E-state index in [4.69, 9.17) is 0 Å². The standard InChI is InChI=1S/C30H27N2.ClH/c1-22-20-25(23(2)32(22)29-12-8-5-9-13-29)14-17-28-18-15-27-21-26(16-19-30(27)31(28)3)24-10-6-4-7-11-24;/h4-21H,1-3H3;1H/q+1;/p-1. The molecule has 3 heteroatoms. The lowest BCUT2D eigenvalue weighted by atomic mass is 10.0. The number of para-hydroxylation sites is 1. The molecule has 5 rings (SSSR count). The Kier molecular flexibility index (Phi) is 6.48. The molecule has 33 heavy (non-hydrogen) atoms. The third-order valence-corrected chi connectivity index (χ3v) is 6.24. The molecule has 0 bridgehead atoms. The molecule has 0 atom stereocenters. The van der Waals surface area contributed by atoms with Crippen molar-refractivity contribution in [2.45, 2.75) is 13.8 Å². The second kappa shape index (κ2) is 9.48. The van der Waals surface area contributed by atoms with E-state index in [0.29, 0.717) is 0 Å². The zero-order valence-electron chi connectivity index (χ0n) is 19.2. The molecule has 0 unspecified atom stereocenters. The number of benzene rings is 3. The molecule has 0 aliphatic heterocycles. The lowest BCUT2D eigenvalue weighted by Crippen LogP contribution is -3.00. The molecular weight excluding hydrogens is 424 g/mol. The zero-order chi connectivity index (χ0) is 22.1. The van der Waals surface area contributed by atoms with Crippen molar-refractivity contribution >= 4 is 23.1 Å². The second-order valence-electron chi connectivity index (χ2n) is 8.29. The summed E-state index contributed by atoms with van der Waals surface area (Å²) in [6, 6.07) is 34.4.